The van der Waals surface area contributed by atoms with Crippen LogP contribution in [0.2, 0.25) is 0 Å². The molecule has 0 spiro atoms. The number of carbonyl (C=O) groups is 1. The molecule has 5 nitrogen and oxygen atoms in total. The van der Waals surface area contributed by atoms with Crippen LogP contribution in [0.3, 0.4) is 0 Å². The maximum atomic E-state index is 11.1. The third-order valence-electron chi connectivity index (χ3n) is 2.97. The van der Waals surface area contributed by atoms with Crippen molar-refractivity contribution in [3.63, 3.8) is 0 Å². The quantitative estimate of drug-likeness (QED) is 0.801. The van der Waals surface area contributed by atoms with Crippen molar-refractivity contribution in [2.45, 2.75) is 19.4 Å². The zero-order chi connectivity index (χ0) is 13.7. The molecular weight excluding hydrogens is 240 g/mol. The molecule has 0 aliphatic carbocycles. The lowest BCUT2D eigenvalue weighted by molar-refractivity contribution is -0.120. The molecule has 5 heteroatoms. The summed E-state index contributed by atoms with van der Waals surface area (Å²) in [7, 11) is 1.65. The first-order valence-electron chi connectivity index (χ1n) is 6.28. The summed E-state index contributed by atoms with van der Waals surface area (Å²) in [5, 5.41) is 6.89. The fourth-order valence-electron chi connectivity index (χ4n) is 1.91. The minimum atomic E-state index is 0.0553. The number of anilines is 1. The summed E-state index contributed by atoms with van der Waals surface area (Å²) in [6.07, 6.45) is 5.03. The Morgan fingerprint density at radius 3 is 2.95 bits per heavy atom. The molecule has 3 N–H and O–H groups in total. The van der Waals surface area contributed by atoms with Crippen LogP contribution in [0.4, 0.5) is 5.69 Å². The highest BCUT2D eigenvalue weighted by Gasteiger charge is 2.05. The zero-order valence-electron chi connectivity index (χ0n) is 11.0. The second-order valence-electron chi connectivity index (χ2n) is 4.36. The van der Waals surface area contributed by atoms with Crippen LogP contribution in [0.25, 0.3) is 11.1 Å². The van der Waals surface area contributed by atoms with Crippen LogP contribution in [-0.4, -0.2) is 22.7 Å². The highest BCUT2D eigenvalue weighted by Crippen LogP contribution is 2.24. The Kier molecular flexibility index (Phi) is 4.18. The third kappa shape index (κ3) is 3.34. The average molecular weight is 258 g/mol. The molecule has 0 bridgehead atoms. The molecule has 100 valence electrons. The molecule has 0 saturated carbocycles. The molecule has 0 atom stereocenters. The summed E-state index contributed by atoms with van der Waals surface area (Å²) in [5.41, 5.74) is 8.66. The van der Waals surface area contributed by atoms with E-state index in [1.54, 1.807) is 13.2 Å². The molecule has 0 saturated heterocycles. The number of amides is 1. The van der Waals surface area contributed by atoms with Crippen molar-refractivity contribution in [3.8, 4) is 11.1 Å². The van der Waals surface area contributed by atoms with Crippen molar-refractivity contribution in [1.29, 1.82) is 0 Å². The first-order chi connectivity index (χ1) is 9.20. The van der Waals surface area contributed by atoms with Crippen LogP contribution in [0.5, 0.6) is 0 Å². The SMILES string of the molecule is CNC(=O)CCCn1cc(-c2ccccc2N)cn1. The first kappa shape index (κ1) is 13.1. The number of nitrogens with zero attached hydrogens (tertiary/aromatic N) is 2. The number of hydrogen-bond acceptors (Lipinski definition) is 3. The predicted molar refractivity (Wildman–Crippen MR) is 75.4 cm³/mol. The minimum absolute atomic E-state index is 0.0553. The van der Waals surface area contributed by atoms with Gasteiger partial charge < -0.3 is 11.1 Å². The van der Waals surface area contributed by atoms with Gasteiger partial charge in [-0.15, -0.1) is 0 Å². The van der Waals surface area contributed by atoms with E-state index in [-0.39, 0.29) is 5.91 Å². The van der Waals surface area contributed by atoms with Crippen LogP contribution in [0.15, 0.2) is 36.7 Å². The lowest BCUT2D eigenvalue weighted by Crippen LogP contribution is -2.17. The van der Waals surface area contributed by atoms with E-state index in [0.717, 1.165) is 29.8 Å². The van der Waals surface area contributed by atoms with E-state index in [4.69, 9.17) is 5.73 Å². The summed E-state index contributed by atoms with van der Waals surface area (Å²) in [4.78, 5) is 11.1. The molecule has 0 aliphatic heterocycles. The van der Waals surface area contributed by atoms with E-state index in [0.29, 0.717) is 6.42 Å². The van der Waals surface area contributed by atoms with E-state index in [2.05, 4.69) is 10.4 Å². The number of benzene rings is 1. The lowest BCUT2D eigenvalue weighted by atomic mass is 10.1. The number of aryl methyl sites for hydroxylation is 1. The van der Waals surface area contributed by atoms with Gasteiger partial charge in [0.05, 0.1) is 6.20 Å². The largest absolute Gasteiger partial charge is 0.398 e. The fourth-order valence-corrected chi connectivity index (χ4v) is 1.91. The Labute approximate surface area is 112 Å². The number of hydrogen-bond donors (Lipinski definition) is 2. The van der Waals surface area contributed by atoms with Crippen LogP contribution in [0.1, 0.15) is 12.8 Å². The van der Waals surface area contributed by atoms with Gasteiger partial charge in [0.25, 0.3) is 0 Å². The van der Waals surface area contributed by atoms with Gasteiger partial charge >= 0.3 is 0 Å². The van der Waals surface area contributed by atoms with Gasteiger partial charge in [0.1, 0.15) is 0 Å². The van der Waals surface area contributed by atoms with Crippen LogP contribution >= 0.6 is 0 Å². The van der Waals surface area contributed by atoms with Gasteiger partial charge in [-0.05, 0) is 12.5 Å². The van der Waals surface area contributed by atoms with Crippen molar-refractivity contribution >= 4 is 11.6 Å². The van der Waals surface area contributed by atoms with Gasteiger partial charge in [-0.1, -0.05) is 18.2 Å². The lowest BCUT2D eigenvalue weighted by Gasteiger charge is -2.02. The molecular formula is C14H18N4O. The molecule has 1 heterocycles. The number of para-hydroxylation sites is 1. The van der Waals surface area contributed by atoms with E-state index < -0.39 is 0 Å². The number of rotatable bonds is 5. The van der Waals surface area contributed by atoms with Gasteiger partial charge in [-0.25, -0.2) is 0 Å². The number of nitrogens with two attached hydrogens (primary N) is 1. The maximum Gasteiger partial charge on any atom is 0.219 e. The van der Waals surface area contributed by atoms with Crippen LogP contribution < -0.4 is 11.1 Å². The summed E-state index contributed by atoms with van der Waals surface area (Å²) in [6.45, 7) is 0.722. The maximum absolute atomic E-state index is 11.1. The van der Waals surface area contributed by atoms with E-state index in [1.807, 2.05) is 35.1 Å². The van der Waals surface area contributed by atoms with E-state index in [1.165, 1.54) is 0 Å². The van der Waals surface area contributed by atoms with Gasteiger partial charge in [-0.3, -0.25) is 9.48 Å². The molecule has 1 aromatic carbocycles. The smallest absolute Gasteiger partial charge is 0.219 e. The van der Waals surface area contributed by atoms with Gasteiger partial charge in [0, 0.05) is 43.0 Å². The van der Waals surface area contributed by atoms with Crippen molar-refractivity contribution in [2.75, 3.05) is 12.8 Å². The average Bonchev–Trinajstić information content (AvgIpc) is 2.87. The summed E-state index contributed by atoms with van der Waals surface area (Å²) < 4.78 is 1.84. The van der Waals surface area contributed by atoms with Crippen LogP contribution in [-0.2, 0) is 11.3 Å². The molecule has 0 unspecified atom stereocenters. The third-order valence-corrected chi connectivity index (χ3v) is 2.97. The number of carbonyl (C=O) groups excluding carboxylic acids is 1. The Morgan fingerprint density at radius 1 is 1.42 bits per heavy atom. The standard InChI is InChI=1S/C14H18N4O/c1-16-14(19)7-4-8-18-10-11(9-17-18)12-5-2-3-6-13(12)15/h2-3,5-6,9-10H,4,7-8,15H2,1H3,(H,16,19). The van der Waals surface area contributed by atoms with Gasteiger partial charge in [-0.2, -0.15) is 5.10 Å². The zero-order valence-corrected chi connectivity index (χ0v) is 11.0. The Morgan fingerprint density at radius 2 is 2.21 bits per heavy atom. The fraction of sp³-hybridized carbons (Fsp3) is 0.286. The molecule has 1 amide bonds. The summed E-state index contributed by atoms with van der Waals surface area (Å²) >= 11 is 0. The molecule has 2 aromatic rings. The molecule has 0 radical (unpaired) electrons. The van der Waals surface area contributed by atoms with Crippen molar-refractivity contribution in [3.05, 3.63) is 36.7 Å². The highest BCUT2D eigenvalue weighted by atomic mass is 16.1. The highest BCUT2D eigenvalue weighted by molar-refractivity contribution is 5.75. The topological polar surface area (TPSA) is 72.9 Å². The van der Waals surface area contributed by atoms with Crippen LogP contribution in [0, 0.1) is 0 Å². The minimum Gasteiger partial charge on any atom is -0.398 e. The molecule has 0 fully saturated rings. The molecule has 0 aliphatic rings. The number of aromatic nitrogens is 2. The van der Waals surface area contributed by atoms with Crippen molar-refractivity contribution in [2.24, 2.45) is 0 Å². The molecule has 19 heavy (non-hydrogen) atoms. The molecule has 1 aromatic heterocycles. The van der Waals surface area contributed by atoms with E-state index >= 15 is 0 Å². The Bertz CT molecular complexity index is 562. The first-order valence-corrected chi connectivity index (χ1v) is 6.28. The van der Waals surface area contributed by atoms with Gasteiger partial charge in [0.2, 0.25) is 5.91 Å². The normalized spacial score (nSPS) is 10.4. The number of nitrogens with one attached hydrogen (secondary N) is 1. The Hall–Kier alpha value is -2.30. The summed E-state index contributed by atoms with van der Waals surface area (Å²) in [6, 6.07) is 7.71. The van der Waals surface area contributed by atoms with Gasteiger partial charge in [0.15, 0.2) is 0 Å². The molecule has 2 rings (SSSR count). The second-order valence-corrected chi connectivity index (χ2v) is 4.36. The predicted octanol–water partition coefficient (Wildman–Crippen LogP) is 1.66. The summed E-state index contributed by atoms with van der Waals surface area (Å²) in [5.74, 6) is 0.0553. The Balaban J connectivity index is 2.00. The monoisotopic (exact) mass is 258 g/mol. The van der Waals surface area contributed by atoms with Crippen molar-refractivity contribution in [1.82, 2.24) is 15.1 Å². The van der Waals surface area contributed by atoms with Crippen molar-refractivity contribution < 1.29 is 4.79 Å². The second kappa shape index (κ2) is 6.04. The van der Waals surface area contributed by atoms with E-state index in [9.17, 15) is 4.79 Å². The number of nitrogen functional groups attached to an aromatic ring is 1.